The van der Waals surface area contributed by atoms with Crippen LogP contribution in [0.5, 0.6) is 0 Å². The molecule has 0 unspecified atom stereocenters. The van der Waals surface area contributed by atoms with Crippen LogP contribution in [0.3, 0.4) is 0 Å². The summed E-state index contributed by atoms with van der Waals surface area (Å²) in [6, 6.07) is 3.04. The van der Waals surface area contributed by atoms with Crippen LogP contribution in [0.25, 0.3) is 0 Å². The third-order valence-electron chi connectivity index (χ3n) is 4.84. The lowest BCUT2D eigenvalue weighted by atomic mass is 9.71. The van der Waals surface area contributed by atoms with Crippen LogP contribution in [0.15, 0.2) is 36.4 Å². The average molecular weight is 444 g/mol. The molecular formula is C21H14F6O4. The number of Topliss-reactive ketones (excluding diaryl/α,β-unsaturated/α-hetero) is 2. The number of hydrogen-bond acceptors (Lipinski definition) is 4. The molecule has 0 saturated carbocycles. The predicted octanol–water partition coefficient (Wildman–Crippen LogP) is 5.13. The summed E-state index contributed by atoms with van der Waals surface area (Å²) in [5.41, 5.74) is -9.38. The van der Waals surface area contributed by atoms with E-state index in [0.29, 0.717) is 30.3 Å². The molecule has 0 bridgehead atoms. The highest BCUT2D eigenvalue weighted by Crippen LogP contribution is 2.56. The van der Waals surface area contributed by atoms with Crippen molar-refractivity contribution >= 4 is 24.1 Å². The Morgan fingerprint density at radius 1 is 0.677 bits per heavy atom. The fourth-order valence-corrected chi connectivity index (χ4v) is 3.38. The van der Waals surface area contributed by atoms with Crippen LogP contribution in [-0.2, 0) is 5.41 Å². The van der Waals surface area contributed by atoms with Crippen LogP contribution in [-0.4, -0.2) is 36.5 Å². The molecule has 2 aromatic rings. The van der Waals surface area contributed by atoms with Gasteiger partial charge in [0.25, 0.3) is 0 Å². The number of hydrogen-bond donors (Lipinski definition) is 0. The lowest BCUT2D eigenvalue weighted by molar-refractivity contribution is -0.288. The van der Waals surface area contributed by atoms with E-state index in [9.17, 15) is 45.5 Å². The highest BCUT2D eigenvalue weighted by molar-refractivity contribution is 6.07. The molecule has 10 heteroatoms. The molecule has 0 atom stereocenters. The highest BCUT2D eigenvalue weighted by atomic mass is 19.4. The van der Waals surface area contributed by atoms with Crippen LogP contribution < -0.4 is 0 Å². The summed E-state index contributed by atoms with van der Waals surface area (Å²) in [6.45, 7) is 1.91. The summed E-state index contributed by atoms with van der Waals surface area (Å²) in [4.78, 5) is 45.7. The molecule has 2 aromatic carbocycles. The first kappa shape index (κ1) is 24.0. The molecule has 0 saturated heterocycles. The van der Waals surface area contributed by atoms with E-state index in [1.54, 1.807) is 0 Å². The largest absolute Gasteiger partial charge is 0.411 e. The van der Waals surface area contributed by atoms with Crippen LogP contribution in [0.2, 0.25) is 0 Å². The Morgan fingerprint density at radius 2 is 1.13 bits per heavy atom. The Bertz CT molecular complexity index is 1050. The van der Waals surface area contributed by atoms with E-state index in [1.807, 2.05) is 0 Å². The van der Waals surface area contributed by atoms with E-state index in [4.69, 9.17) is 0 Å². The SMILES string of the molecule is CC(=O)c1ccc(C(c2ccc(C=O)c(C=O)c2)(C(F)(F)F)C(F)(F)F)cc1C(C)=O. The Labute approximate surface area is 171 Å². The molecule has 4 nitrogen and oxygen atoms in total. The Morgan fingerprint density at radius 3 is 1.55 bits per heavy atom. The van der Waals surface area contributed by atoms with Crippen molar-refractivity contribution in [1.29, 1.82) is 0 Å². The number of alkyl halides is 6. The Hall–Kier alpha value is -3.30. The maximum Gasteiger partial charge on any atom is 0.411 e. The summed E-state index contributed by atoms with van der Waals surface area (Å²) < 4.78 is 85.3. The lowest BCUT2D eigenvalue weighted by Crippen LogP contribution is -2.55. The number of carbonyl (C=O) groups is 4. The molecule has 0 N–H and O–H groups in total. The third kappa shape index (κ3) is 3.89. The normalized spacial score (nSPS) is 12.4. The molecule has 2 rings (SSSR count). The smallest absolute Gasteiger partial charge is 0.298 e. The van der Waals surface area contributed by atoms with Gasteiger partial charge in [-0.3, -0.25) is 19.2 Å². The van der Waals surface area contributed by atoms with Crippen molar-refractivity contribution in [2.75, 3.05) is 0 Å². The van der Waals surface area contributed by atoms with E-state index in [2.05, 4.69) is 0 Å². The van der Waals surface area contributed by atoms with Gasteiger partial charge in [0.1, 0.15) is 0 Å². The quantitative estimate of drug-likeness (QED) is 0.352. The lowest BCUT2D eigenvalue weighted by Gasteiger charge is -2.38. The number of rotatable bonds is 6. The number of carbonyl (C=O) groups excluding carboxylic acids is 4. The summed E-state index contributed by atoms with van der Waals surface area (Å²) in [5.74, 6) is -1.63. The van der Waals surface area contributed by atoms with Crippen molar-refractivity contribution in [3.8, 4) is 0 Å². The zero-order valence-electron chi connectivity index (χ0n) is 16.0. The van der Waals surface area contributed by atoms with E-state index < -0.39 is 57.2 Å². The molecule has 0 fully saturated rings. The van der Waals surface area contributed by atoms with E-state index in [0.717, 1.165) is 19.9 Å². The van der Waals surface area contributed by atoms with E-state index in [1.165, 1.54) is 0 Å². The van der Waals surface area contributed by atoms with Crippen molar-refractivity contribution in [3.63, 3.8) is 0 Å². The van der Waals surface area contributed by atoms with Crippen LogP contribution >= 0.6 is 0 Å². The van der Waals surface area contributed by atoms with Gasteiger partial charge < -0.3 is 0 Å². The summed E-state index contributed by atoms with van der Waals surface area (Å²) in [7, 11) is 0. The summed E-state index contributed by atoms with van der Waals surface area (Å²) in [5, 5.41) is 0. The van der Waals surface area contributed by atoms with Gasteiger partial charge in [0, 0.05) is 22.3 Å². The monoisotopic (exact) mass is 444 g/mol. The molecule has 0 amide bonds. The Balaban J connectivity index is 3.06. The number of ketones is 2. The van der Waals surface area contributed by atoms with Crippen molar-refractivity contribution in [1.82, 2.24) is 0 Å². The molecule has 164 valence electrons. The Kier molecular flexibility index (Phi) is 6.25. The second-order valence-corrected chi connectivity index (χ2v) is 6.70. The van der Waals surface area contributed by atoms with Gasteiger partial charge in [-0.25, -0.2) is 0 Å². The maximum atomic E-state index is 14.2. The van der Waals surface area contributed by atoms with Crippen molar-refractivity contribution in [2.24, 2.45) is 0 Å². The minimum atomic E-state index is -5.97. The molecule has 0 aliphatic heterocycles. The second kappa shape index (κ2) is 8.09. The first-order valence-electron chi connectivity index (χ1n) is 8.57. The fourth-order valence-electron chi connectivity index (χ4n) is 3.38. The molecule has 0 heterocycles. The minimum Gasteiger partial charge on any atom is -0.298 e. The van der Waals surface area contributed by atoms with Crippen molar-refractivity contribution in [3.05, 3.63) is 69.8 Å². The zero-order valence-corrected chi connectivity index (χ0v) is 16.0. The first-order valence-corrected chi connectivity index (χ1v) is 8.57. The van der Waals surface area contributed by atoms with Gasteiger partial charge in [0.05, 0.1) is 0 Å². The van der Waals surface area contributed by atoms with Gasteiger partial charge in [0.2, 0.25) is 5.41 Å². The predicted molar refractivity (Wildman–Crippen MR) is 96.6 cm³/mol. The van der Waals surface area contributed by atoms with E-state index in [-0.39, 0.29) is 18.1 Å². The standard InChI is InChI=1S/C21H14F6O4/c1-11(30)17-6-5-16(8-18(17)12(2)31)19(20(22,23)24,21(25,26)27)15-4-3-13(9-28)14(7-15)10-29/h3-10H,1-2H3. The van der Waals surface area contributed by atoms with Gasteiger partial charge >= 0.3 is 12.4 Å². The molecule has 31 heavy (non-hydrogen) atoms. The molecule has 0 aliphatic rings. The first-order chi connectivity index (χ1) is 14.2. The van der Waals surface area contributed by atoms with Gasteiger partial charge in [-0.1, -0.05) is 24.3 Å². The molecule has 0 aromatic heterocycles. The number of halogens is 6. The van der Waals surface area contributed by atoms with Crippen LogP contribution in [0.4, 0.5) is 26.3 Å². The third-order valence-corrected chi connectivity index (χ3v) is 4.84. The molecule has 0 spiro atoms. The number of benzene rings is 2. The van der Waals surface area contributed by atoms with Crippen molar-refractivity contribution in [2.45, 2.75) is 31.6 Å². The van der Waals surface area contributed by atoms with Crippen LogP contribution in [0, 0.1) is 0 Å². The second-order valence-electron chi connectivity index (χ2n) is 6.70. The van der Waals surface area contributed by atoms with Gasteiger partial charge in [-0.15, -0.1) is 0 Å². The maximum absolute atomic E-state index is 14.2. The van der Waals surface area contributed by atoms with Crippen molar-refractivity contribution < 1.29 is 45.5 Å². The average Bonchev–Trinajstić information content (AvgIpc) is 2.65. The van der Waals surface area contributed by atoms with Gasteiger partial charge in [0.15, 0.2) is 24.1 Å². The summed E-state index contributed by atoms with van der Waals surface area (Å²) >= 11 is 0. The topological polar surface area (TPSA) is 68.3 Å². The van der Waals surface area contributed by atoms with E-state index >= 15 is 0 Å². The molecular weight excluding hydrogens is 430 g/mol. The highest BCUT2D eigenvalue weighted by Gasteiger charge is 2.72. The molecule has 0 aliphatic carbocycles. The summed E-state index contributed by atoms with van der Waals surface area (Å²) in [6.07, 6.45) is -11.9. The van der Waals surface area contributed by atoms with Gasteiger partial charge in [-0.2, -0.15) is 26.3 Å². The van der Waals surface area contributed by atoms with Crippen LogP contribution in [0.1, 0.15) is 66.4 Å². The molecule has 0 radical (unpaired) electrons. The van der Waals surface area contributed by atoms with Gasteiger partial charge in [-0.05, 0) is 37.1 Å². The fraction of sp³-hybridized carbons (Fsp3) is 0.238. The minimum absolute atomic E-state index is 0.0371. The zero-order chi connectivity index (χ0) is 23.8. The number of aldehydes is 2.